The van der Waals surface area contributed by atoms with Crippen molar-refractivity contribution in [1.29, 1.82) is 0 Å². The fourth-order valence-corrected chi connectivity index (χ4v) is 1.55. The number of nitrogens with two attached hydrogens (primary N) is 1. The maximum atomic E-state index is 13.4. The van der Waals surface area contributed by atoms with Crippen molar-refractivity contribution in [2.45, 2.75) is 0 Å². The van der Waals surface area contributed by atoms with Crippen molar-refractivity contribution in [2.24, 2.45) is 0 Å². The molecule has 0 bridgehead atoms. The van der Waals surface area contributed by atoms with Gasteiger partial charge in [-0.25, -0.2) is 17.6 Å². The molecule has 104 valence electrons. The number of hydrogen-bond acceptors (Lipinski definition) is 2. The monoisotopic (exact) mass is 284 g/mol. The first-order valence-corrected chi connectivity index (χ1v) is 5.40. The third-order valence-corrected chi connectivity index (χ3v) is 2.54. The van der Waals surface area contributed by atoms with Gasteiger partial charge in [-0.1, -0.05) is 6.07 Å². The zero-order valence-electron chi connectivity index (χ0n) is 9.88. The Morgan fingerprint density at radius 2 is 1.65 bits per heavy atom. The lowest BCUT2D eigenvalue weighted by atomic mass is 10.1. The number of halogens is 4. The molecule has 0 fully saturated rings. The minimum absolute atomic E-state index is 0.321. The number of rotatable bonds is 2. The minimum Gasteiger partial charge on any atom is -0.398 e. The molecule has 0 heterocycles. The van der Waals surface area contributed by atoms with Gasteiger partial charge in [0.2, 0.25) is 0 Å². The summed E-state index contributed by atoms with van der Waals surface area (Å²) < 4.78 is 52.3. The molecular formula is C13H8F4N2O. The number of nitrogen functional groups attached to an aromatic ring is 1. The fraction of sp³-hybridized carbons (Fsp3) is 0. The lowest BCUT2D eigenvalue weighted by molar-refractivity contribution is 0.102. The molecule has 0 aliphatic heterocycles. The lowest BCUT2D eigenvalue weighted by Crippen LogP contribution is -2.16. The largest absolute Gasteiger partial charge is 0.398 e. The summed E-state index contributed by atoms with van der Waals surface area (Å²) in [4.78, 5) is 11.8. The van der Waals surface area contributed by atoms with Gasteiger partial charge >= 0.3 is 0 Å². The number of carbonyl (C=O) groups is 1. The van der Waals surface area contributed by atoms with Crippen LogP contribution < -0.4 is 11.1 Å². The van der Waals surface area contributed by atoms with Gasteiger partial charge in [-0.2, -0.15) is 0 Å². The molecule has 2 aromatic rings. The van der Waals surface area contributed by atoms with E-state index >= 15 is 0 Å². The van der Waals surface area contributed by atoms with Crippen molar-refractivity contribution in [2.75, 3.05) is 11.1 Å². The van der Waals surface area contributed by atoms with E-state index in [1.165, 1.54) is 6.07 Å². The van der Waals surface area contributed by atoms with Crippen LogP contribution in [0.3, 0.4) is 0 Å². The Hall–Kier alpha value is -2.57. The summed E-state index contributed by atoms with van der Waals surface area (Å²) >= 11 is 0. The van der Waals surface area contributed by atoms with Gasteiger partial charge in [0.15, 0.2) is 23.3 Å². The Labute approximate surface area is 111 Å². The molecule has 20 heavy (non-hydrogen) atoms. The maximum Gasteiger partial charge on any atom is 0.257 e. The molecule has 7 heteroatoms. The van der Waals surface area contributed by atoms with E-state index in [0.29, 0.717) is 12.1 Å². The fourth-order valence-electron chi connectivity index (χ4n) is 1.55. The van der Waals surface area contributed by atoms with E-state index < -0.39 is 34.9 Å². The van der Waals surface area contributed by atoms with Gasteiger partial charge in [0.05, 0.1) is 11.3 Å². The lowest BCUT2D eigenvalue weighted by Gasteiger charge is -2.09. The first kappa shape index (κ1) is 13.9. The molecule has 0 aliphatic rings. The molecular weight excluding hydrogens is 276 g/mol. The van der Waals surface area contributed by atoms with Crippen LogP contribution in [0.5, 0.6) is 0 Å². The van der Waals surface area contributed by atoms with Crippen LogP contribution in [-0.2, 0) is 0 Å². The molecule has 0 aromatic heterocycles. The van der Waals surface area contributed by atoms with Gasteiger partial charge < -0.3 is 11.1 Å². The molecule has 3 nitrogen and oxygen atoms in total. The summed E-state index contributed by atoms with van der Waals surface area (Å²) in [5.41, 5.74) is 4.24. The first-order valence-electron chi connectivity index (χ1n) is 5.40. The Morgan fingerprint density at radius 1 is 1.00 bits per heavy atom. The number of hydrogen-bond donors (Lipinski definition) is 2. The van der Waals surface area contributed by atoms with Crippen LogP contribution in [0.1, 0.15) is 10.4 Å². The third kappa shape index (κ3) is 2.56. The third-order valence-electron chi connectivity index (χ3n) is 2.54. The maximum absolute atomic E-state index is 13.4. The van der Waals surface area contributed by atoms with Crippen molar-refractivity contribution < 1.29 is 22.4 Å². The van der Waals surface area contributed by atoms with E-state index in [1.54, 1.807) is 0 Å². The average molecular weight is 284 g/mol. The normalized spacial score (nSPS) is 10.4. The zero-order valence-corrected chi connectivity index (χ0v) is 9.88. The summed E-state index contributed by atoms with van der Waals surface area (Å²) in [6, 6.07) is 4.38. The first-order chi connectivity index (χ1) is 9.40. The molecule has 0 saturated heterocycles. The Bertz CT molecular complexity index is 688. The van der Waals surface area contributed by atoms with Crippen LogP contribution in [0, 0.1) is 23.3 Å². The van der Waals surface area contributed by atoms with E-state index in [2.05, 4.69) is 0 Å². The molecule has 0 saturated carbocycles. The second kappa shape index (κ2) is 5.20. The van der Waals surface area contributed by atoms with E-state index in [0.717, 1.165) is 12.1 Å². The van der Waals surface area contributed by atoms with Crippen molar-refractivity contribution in [3.05, 3.63) is 59.2 Å². The van der Waals surface area contributed by atoms with Crippen molar-refractivity contribution in [1.82, 2.24) is 0 Å². The highest BCUT2D eigenvalue weighted by molar-refractivity contribution is 6.07. The second-order valence-corrected chi connectivity index (χ2v) is 3.91. The molecule has 0 radical (unpaired) electrons. The van der Waals surface area contributed by atoms with Gasteiger partial charge in [0, 0.05) is 11.8 Å². The molecule has 0 atom stereocenters. The molecule has 2 aromatic carbocycles. The highest BCUT2D eigenvalue weighted by Crippen LogP contribution is 2.21. The highest BCUT2D eigenvalue weighted by Gasteiger charge is 2.16. The van der Waals surface area contributed by atoms with Crippen LogP contribution in [0.4, 0.5) is 28.9 Å². The van der Waals surface area contributed by atoms with Crippen LogP contribution >= 0.6 is 0 Å². The quantitative estimate of drug-likeness (QED) is 0.657. The number of amides is 1. The van der Waals surface area contributed by atoms with Crippen molar-refractivity contribution in [3.63, 3.8) is 0 Å². The minimum atomic E-state index is -1.27. The van der Waals surface area contributed by atoms with E-state index in [1.807, 2.05) is 5.32 Å². The Kier molecular flexibility index (Phi) is 3.60. The summed E-state index contributed by atoms with van der Waals surface area (Å²) in [5, 5.41) is 2.03. The van der Waals surface area contributed by atoms with Crippen molar-refractivity contribution in [3.8, 4) is 0 Å². The standard InChI is InChI=1S/C13H8F4N2O/c14-7-2-1-3-11(12(7)17)19-13(20)6-4-8(15)9(16)5-10(6)18/h1-5H,18H2,(H,19,20). The topological polar surface area (TPSA) is 55.1 Å². The summed E-state index contributed by atoms with van der Waals surface area (Å²) in [6.45, 7) is 0. The van der Waals surface area contributed by atoms with Gasteiger partial charge in [0.1, 0.15) is 0 Å². The molecule has 0 aliphatic carbocycles. The van der Waals surface area contributed by atoms with E-state index in [4.69, 9.17) is 5.73 Å². The van der Waals surface area contributed by atoms with E-state index in [9.17, 15) is 22.4 Å². The molecule has 0 spiro atoms. The molecule has 1 amide bonds. The number of anilines is 2. The van der Waals surface area contributed by atoms with Gasteiger partial charge in [-0.3, -0.25) is 4.79 Å². The summed E-state index contributed by atoms with van der Waals surface area (Å²) in [7, 11) is 0. The summed E-state index contributed by atoms with van der Waals surface area (Å²) in [5.74, 6) is -5.88. The average Bonchev–Trinajstić information content (AvgIpc) is 2.39. The van der Waals surface area contributed by atoms with Crippen molar-refractivity contribution >= 4 is 17.3 Å². The van der Waals surface area contributed by atoms with Gasteiger partial charge in [-0.15, -0.1) is 0 Å². The predicted molar refractivity (Wildman–Crippen MR) is 65.1 cm³/mol. The molecule has 0 unspecified atom stereocenters. The van der Waals surface area contributed by atoms with Crippen LogP contribution in [0.25, 0.3) is 0 Å². The molecule has 2 rings (SSSR count). The van der Waals surface area contributed by atoms with Gasteiger partial charge in [0.25, 0.3) is 5.91 Å². The molecule has 3 N–H and O–H groups in total. The zero-order chi connectivity index (χ0) is 14.9. The number of nitrogens with one attached hydrogen (secondary N) is 1. The van der Waals surface area contributed by atoms with Crippen LogP contribution in [-0.4, -0.2) is 5.91 Å². The Morgan fingerprint density at radius 3 is 2.35 bits per heavy atom. The van der Waals surface area contributed by atoms with Crippen LogP contribution in [0.2, 0.25) is 0 Å². The van der Waals surface area contributed by atoms with Gasteiger partial charge in [-0.05, 0) is 18.2 Å². The number of benzene rings is 2. The van der Waals surface area contributed by atoms with Crippen LogP contribution in [0.15, 0.2) is 30.3 Å². The summed E-state index contributed by atoms with van der Waals surface area (Å²) in [6.07, 6.45) is 0. The highest BCUT2D eigenvalue weighted by atomic mass is 19.2. The Balaban J connectivity index is 2.33. The second-order valence-electron chi connectivity index (χ2n) is 3.91. The predicted octanol–water partition coefficient (Wildman–Crippen LogP) is 3.08. The SMILES string of the molecule is Nc1cc(F)c(F)cc1C(=O)Nc1cccc(F)c1F. The smallest absolute Gasteiger partial charge is 0.257 e. The number of carbonyl (C=O) groups excluding carboxylic acids is 1. The van der Waals surface area contributed by atoms with E-state index in [-0.39, 0.29) is 11.3 Å².